The topological polar surface area (TPSA) is 82.3 Å². The minimum atomic E-state index is 0.465. The molecule has 5 rings (SSSR count). The van der Waals surface area contributed by atoms with Gasteiger partial charge in [-0.25, -0.2) is 9.97 Å². The number of fused-ring (bicyclic) bond motifs is 2. The highest BCUT2D eigenvalue weighted by molar-refractivity contribution is 7.19. The zero-order valence-electron chi connectivity index (χ0n) is 14.9. The van der Waals surface area contributed by atoms with Crippen LogP contribution < -0.4 is 14.8 Å². The maximum Gasteiger partial charge on any atom is 0.204 e. The summed E-state index contributed by atoms with van der Waals surface area (Å²) >= 11 is 8.04. The van der Waals surface area contributed by atoms with Crippen molar-refractivity contribution < 1.29 is 14.0 Å². The Balaban J connectivity index is 1.51. The molecular weight excluding hydrogens is 400 g/mol. The largest absolute Gasteiger partial charge is 0.486 e. The molecule has 3 aromatic heterocycles. The molecule has 0 amide bonds. The Labute approximate surface area is 169 Å². The van der Waals surface area contributed by atoms with Gasteiger partial charge in [-0.2, -0.15) is 0 Å². The van der Waals surface area contributed by atoms with Crippen LogP contribution in [-0.4, -0.2) is 28.3 Å². The quantitative estimate of drug-likeness (QED) is 0.518. The summed E-state index contributed by atoms with van der Waals surface area (Å²) in [5.41, 5.74) is 1.04. The SMILES string of the molecule is Cc1sc2nc(-c3ccno3)nc(NCc3ccc4c(c3)OCCO4)c2c1Cl. The molecule has 0 saturated carbocycles. The van der Waals surface area contributed by atoms with Crippen LogP contribution in [0.5, 0.6) is 11.5 Å². The molecule has 4 heterocycles. The molecule has 1 aromatic carbocycles. The van der Waals surface area contributed by atoms with Crippen molar-refractivity contribution in [2.75, 3.05) is 18.5 Å². The van der Waals surface area contributed by atoms with E-state index in [1.54, 1.807) is 12.3 Å². The van der Waals surface area contributed by atoms with Crippen LogP contribution in [0.4, 0.5) is 5.82 Å². The molecule has 0 fully saturated rings. The summed E-state index contributed by atoms with van der Waals surface area (Å²) in [5, 5.41) is 8.59. The van der Waals surface area contributed by atoms with Crippen LogP contribution in [0.25, 0.3) is 21.8 Å². The average Bonchev–Trinajstić information content (AvgIpc) is 3.35. The number of nitrogens with one attached hydrogen (secondary N) is 1. The second kappa shape index (κ2) is 6.96. The van der Waals surface area contributed by atoms with Crippen molar-refractivity contribution in [1.82, 2.24) is 15.1 Å². The van der Waals surface area contributed by atoms with Gasteiger partial charge >= 0.3 is 0 Å². The minimum Gasteiger partial charge on any atom is -0.486 e. The van der Waals surface area contributed by atoms with E-state index in [1.807, 2.05) is 25.1 Å². The molecule has 0 atom stereocenters. The van der Waals surface area contributed by atoms with Crippen molar-refractivity contribution in [2.45, 2.75) is 13.5 Å². The van der Waals surface area contributed by atoms with Gasteiger partial charge in [-0.05, 0) is 24.6 Å². The summed E-state index contributed by atoms with van der Waals surface area (Å²) in [4.78, 5) is 11.0. The number of rotatable bonds is 4. The second-order valence-corrected chi connectivity index (χ2v) is 7.84. The minimum absolute atomic E-state index is 0.465. The van der Waals surface area contributed by atoms with Crippen molar-refractivity contribution in [3.63, 3.8) is 0 Å². The number of ether oxygens (including phenoxy) is 2. The van der Waals surface area contributed by atoms with Crippen molar-refractivity contribution >= 4 is 39.0 Å². The molecule has 9 heteroatoms. The number of anilines is 1. The van der Waals surface area contributed by atoms with E-state index >= 15 is 0 Å². The number of benzene rings is 1. The van der Waals surface area contributed by atoms with Gasteiger partial charge in [-0.3, -0.25) is 0 Å². The summed E-state index contributed by atoms with van der Waals surface area (Å²) in [6, 6.07) is 7.62. The molecule has 0 spiro atoms. The molecule has 142 valence electrons. The van der Waals surface area contributed by atoms with Gasteiger partial charge in [-0.1, -0.05) is 22.8 Å². The van der Waals surface area contributed by atoms with Crippen molar-refractivity contribution in [1.29, 1.82) is 0 Å². The molecule has 7 nitrogen and oxygen atoms in total. The van der Waals surface area contributed by atoms with Crippen LogP contribution in [0.15, 0.2) is 35.0 Å². The van der Waals surface area contributed by atoms with Gasteiger partial charge in [0.15, 0.2) is 11.5 Å². The highest BCUT2D eigenvalue weighted by atomic mass is 35.5. The lowest BCUT2D eigenvalue weighted by molar-refractivity contribution is 0.171. The molecule has 0 radical (unpaired) electrons. The van der Waals surface area contributed by atoms with Crippen LogP contribution in [0, 0.1) is 6.92 Å². The number of halogens is 1. The monoisotopic (exact) mass is 414 g/mol. The van der Waals surface area contributed by atoms with Crippen LogP contribution >= 0.6 is 22.9 Å². The molecule has 28 heavy (non-hydrogen) atoms. The van der Waals surface area contributed by atoms with E-state index < -0.39 is 0 Å². The van der Waals surface area contributed by atoms with Crippen molar-refractivity contribution in [3.8, 4) is 23.1 Å². The predicted molar refractivity (Wildman–Crippen MR) is 107 cm³/mol. The van der Waals surface area contributed by atoms with Gasteiger partial charge in [0.1, 0.15) is 23.9 Å². The standard InChI is InChI=1S/C19H15ClN4O3S/c1-10-16(20)15-18(23-17(24-19(15)28-10)13-4-5-22-27-13)21-9-11-2-3-12-14(8-11)26-7-6-25-12/h2-5,8H,6-7,9H2,1H3,(H,21,23,24). The zero-order chi connectivity index (χ0) is 19.1. The van der Waals surface area contributed by atoms with Gasteiger partial charge in [0, 0.05) is 17.5 Å². The second-order valence-electron chi connectivity index (χ2n) is 6.26. The fraction of sp³-hybridized carbons (Fsp3) is 0.211. The Kier molecular flexibility index (Phi) is 4.29. The van der Waals surface area contributed by atoms with Gasteiger partial charge in [0.05, 0.1) is 16.6 Å². The maximum atomic E-state index is 6.52. The van der Waals surface area contributed by atoms with E-state index in [9.17, 15) is 0 Å². The summed E-state index contributed by atoms with van der Waals surface area (Å²) in [5.74, 6) is 3.15. The third kappa shape index (κ3) is 3.04. The van der Waals surface area contributed by atoms with Crippen LogP contribution in [0.3, 0.4) is 0 Å². The molecule has 1 N–H and O–H groups in total. The maximum absolute atomic E-state index is 6.52. The predicted octanol–water partition coefficient (Wildman–Crippen LogP) is 4.69. The Morgan fingerprint density at radius 1 is 1.14 bits per heavy atom. The Hall–Kier alpha value is -2.84. The third-order valence-corrected chi connectivity index (χ3v) is 5.96. The van der Waals surface area contributed by atoms with Crippen molar-refractivity contribution in [2.24, 2.45) is 0 Å². The van der Waals surface area contributed by atoms with E-state index in [-0.39, 0.29) is 0 Å². The van der Waals surface area contributed by atoms with Crippen LogP contribution in [-0.2, 0) is 6.54 Å². The number of aromatic nitrogens is 3. The number of nitrogens with zero attached hydrogens (tertiary/aromatic N) is 3. The Bertz CT molecular complexity index is 1160. The van der Waals surface area contributed by atoms with Gasteiger partial charge in [0.25, 0.3) is 0 Å². The van der Waals surface area contributed by atoms with E-state index in [1.165, 1.54) is 11.3 Å². The first-order valence-corrected chi connectivity index (χ1v) is 9.88. The number of hydrogen-bond acceptors (Lipinski definition) is 8. The van der Waals surface area contributed by atoms with Gasteiger partial charge in [-0.15, -0.1) is 11.3 Å². The Morgan fingerprint density at radius 2 is 2.00 bits per heavy atom. The molecular formula is C19H15ClN4O3S. The van der Waals surface area contributed by atoms with Crippen molar-refractivity contribution in [3.05, 3.63) is 45.9 Å². The number of aryl methyl sites for hydroxylation is 1. The first-order chi connectivity index (χ1) is 13.7. The lowest BCUT2D eigenvalue weighted by Gasteiger charge is -2.19. The summed E-state index contributed by atoms with van der Waals surface area (Å²) < 4.78 is 16.5. The lowest BCUT2D eigenvalue weighted by Crippen LogP contribution is -2.15. The highest BCUT2D eigenvalue weighted by Crippen LogP contribution is 2.39. The average molecular weight is 415 g/mol. The fourth-order valence-corrected chi connectivity index (χ4v) is 4.30. The molecule has 0 bridgehead atoms. The lowest BCUT2D eigenvalue weighted by atomic mass is 10.2. The third-order valence-electron chi connectivity index (χ3n) is 4.38. The Morgan fingerprint density at radius 3 is 2.82 bits per heavy atom. The summed E-state index contributed by atoms with van der Waals surface area (Å²) in [6.45, 7) is 3.64. The number of thiophene rings is 1. The molecule has 0 saturated heterocycles. The molecule has 1 aliphatic rings. The normalized spacial score (nSPS) is 13.1. The molecule has 0 aliphatic carbocycles. The van der Waals surface area contributed by atoms with Gasteiger partial charge in [0.2, 0.25) is 11.6 Å². The van der Waals surface area contributed by atoms with Crippen LogP contribution in [0.2, 0.25) is 5.02 Å². The highest BCUT2D eigenvalue weighted by Gasteiger charge is 2.18. The first-order valence-electron chi connectivity index (χ1n) is 8.69. The smallest absolute Gasteiger partial charge is 0.204 e. The van der Waals surface area contributed by atoms with E-state index in [2.05, 4.69) is 20.4 Å². The van der Waals surface area contributed by atoms with E-state index in [4.69, 9.17) is 25.6 Å². The first kappa shape index (κ1) is 17.3. The molecule has 0 unspecified atom stereocenters. The van der Waals surface area contributed by atoms with Crippen LogP contribution in [0.1, 0.15) is 10.4 Å². The van der Waals surface area contributed by atoms with E-state index in [0.717, 1.165) is 32.2 Å². The van der Waals surface area contributed by atoms with E-state index in [0.29, 0.717) is 42.2 Å². The fourth-order valence-electron chi connectivity index (χ4n) is 3.03. The number of hydrogen-bond donors (Lipinski definition) is 1. The van der Waals surface area contributed by atoms with Gasteiger partial charge < -0.3 is 19.3 Å². The zero-order valence-corrected chi connectivity index (χ0v) is 16.4. The summed E-state index contributed by atoms with van der Waals surface area (Å²) in [6.07, 6.45) is 1.57. The summed E-state index contributed by atoms with van der Waals surface area (Å²) in [7, 11) is 0. The molecule has 4 aromatic rings. The molecule has 1 aliphatic heterocycles.